The maximum atomic E-state index is 12.5. The predicted molar refractivity (Wildman–Crippen MR) is 191 cm³/mol. The molecule has 4 aromatic carbocycles. The zero-order valence-corrected chi connectivity index (χ0v) is 27.8. The minimum Gasteiger partial charge on any atom is -0.497 e. The highest BCUT2D eigenvalue weighted by Crippen LogP contribution is 2.49. The lowest BCUT2D eigenvalue weighted by Crippen LogP contribution is -2.43. The molecule has 1 aliphatic rings. The standard InChI is InChI=1S/C40H37ClN4O4/c1-26-33(25-48-24-27-12-6-3-7-13-27)36(35(46)34(26)45-23-22-32-37(41)43-39(42)44-38(32)45)49-40(28-14-8-4-9-15-28,29-16-10-5-11-17-29)30-18-20-31(47-2)21-19-30/h3-23,33-36,46H,1,24-25H2,2H3,(H2,42,43,44)/t33-,34+,35?,36+/m0/s1. The summed E-state index contributed by atoms with van der Waals surface area (Å²) in [5, 5.41) is 13.3. The first-order valence-electron chi connectivity index (χ1n) is 16.1. The Labute approximate surface area is 290 Å². The average Bonchev–Trinajstić information content (AvgIpc) is 3.65. The zero-order valence-electron chi connectivity index (χ0n) is 27.0. The molecule has 4 atom stereocenters. The number of aromatic nitrogens is 3. The predicted octanol–water partition coefficient (Wildman–Crippen LogP) is 7.36. The Morgan fingerprint density at radius 3 is 2.04 bits per heavy atom. The van der Waals surface area contributed by atoms with E-state index in [2.05, 4.69) is 16.5 Å². The number of methoxy groups -OCH3 is 1. The Morgan fingerprint density at radius 2 is 1.43 bits per heavy atom. The molecule has 2 aromatic heterocycles. The van der Waals surface area contributed by atoms with Gasteiger partial charge in [-0.05, 0) is 46.0 Å². The fraction of sp³-hybridized carbons (Fsp3) is 0.200. The first-order valence-corrected chi connectivity index (χ1v) is 16.5. The Kier molecular flexibility index (Phi) is 9.21. The summed E-state index contributed by atoms with van der Waals surface area (Å²) in [5.41, 5.74) is 9.84. The summed E-state index contributed by atoms with van der Waals surface area (Å²) in [6.07, 6.45) is -0.00427. The number of benzene rings is 4. The van der Waals surface area contributed by atoms with Crippen molar-refractivity contribution in [3.63, 3.8) is 0 Å². The molecule has 9 heteroatoms. The van der Waals surface area contributed by atoms with E-state index < -0.39 is 29.8 Å². The van der Waals surface area contributed by atoms with Gasteiger partial charge in [0.25, 0.3) is 0 Å². The summed E-state index contributed by atoms with van der Waals surface area (Å²) in [6.45, 7) is 5.21. The van der Waals surface area contributed by atoms with E-state index in [0.717, 1.165) is 33.6 Å². The van der Waals surface area contributed by atoms with Crippen LogP contribution in [0.5, 0.6) is 5.75 Å². The van der Waals surface area contributed by atoms with Gasteiger partial charge in [0, 0.05) is 12.1 Å². The van der Waals surface area contributed by atoms with E-state index in [0.29, 0.717) is 17.6 Å². The summed E-state index contributed by atoms with van der Waals surface area (Å²) in [6, 6.07) is 39.2. The number of aliphatic hydroxyl groups excluding tert-OH is 1. The van der Waals surface area contributed by atoms with Crippen LogP contribution >= 0.6 is 11.6 Å². The van der Waals surface area contributed by atoms with Gasteiger partial charge in [-0.2, -0.15) is 4.98 Å². The summed E-state index contributed by atoms with van der Waals surface area (Å²) in [7, 11) is 1.64. The molecule has 1 saturated carbocycles. The average molecular weight is 673 g/mol. The van der Waals surface area contributed by atoms with Crippen LogP contribution < -0.4 is 10.5 Å². The fourth-order valence-electron chi connectivity index (χ4n) is 6.96. The van der Waals surface area contributed by atoms with Gasteiger partial charge in [-0.1, -0.05) is 121 Å². The quantitative estimate of drug-likeness (QED) is 0.0842. The number of hydrogen-bond acceptors (Lipinski definition) is 7. The number of aliphatic hydroxyl groups is 1. The van der Waals surface area contributed by atoms with E-state index >= 15 is 0 Å². The number of hydrogen-bond donors (Lipinski definition) is 2. The van der Waals surface area contributed by atoms with Crippen LogP contribution in [-0.2, 0) is 21.7 Å². The summed E-state index contributed by atoms with van der Waals surface area (Å²) in [4.78, 5) is 8.63. The van der Waals surface area contributed by atoms with Gasteiger partial charge < -0.3 is 29.6 Å². The molecule has 7 rings (SSSR count). The second-order valence-corrected chi connectivity index (χ2v) is 12.5. The van der Waals surface area contributed by atoms with Gasteiger partial charge in [-0.25, -0.2) is 4.98 Å². The second kappa shape index (κ2) is 13.9. The molecule has 2 heterocycles. The van der Waals surface area contributed by atoms with Crippen LogP contribution in [0.1, 0.15) is 28.3 Å². The summed E-state index contributed by atoms with van der Waals surface area (Å²) in [5.74, 6) is 0.346. The normalized spacial score (nSPS) is 19.4. The van der Waals surface area contributed by atoms with Crippen molar-refractivity contribution in [2.45, 2.75) is 30.5 Å². The van der Waals surface area contributed by atoms with E-state index in [9.17, 15) is 5.11 Å². The third-order valence-corrected chi connectivity index (χ3v) is 9.62. The van der Waals surface area contributed by atoms with E-state index in [1.165, 1.54) is 0 Å². The summed E-state index contributed by atoms with van der Waals surface area (Å²) >= 11 is 6.47. The molecule has 248 valence electrons. The lowest BCUT2D eigenvalue weighted by molar-refractivity contribution is -0.119. The van der Waals surface area contributed by atoms with Crippen molar-refractivity contribution >= 4 is 28.6 Å². The van der Waals surface area contributed by atoms with Gasteiger partial charge in [-0.3, -0.25) is 0 Å². The monoisotopic (exact) mass is 672 g/mol. The van der Waals surface area contributed by atoms with E-state index in [4.69, 9.17) is 31.5 Å². The smallest absolute Gasteiger partial charge is 0.223 e. The highest BCUT2D eigenvalue weighted by Gasteiger charge is 2.52. The van der Waals surface area contributed by atoms with Gasteiger partial charge in [0.1, 0.15) is 28.3 Å². The van der Waals surface area contributed by atoms with Crippen molar-refractivity contribution < 1.29 is 19.3 Å². The van der Waals surface area contributed by atoms with Crippen molar-refractivity contribution in [2.24, 2.45) is 5.92 Å². The number of rotatable bonds is 11. The van der Waals surface area contributed by atoms with Crippen LogP contribution in [0.25, 0.3) is 11.0 Å². The number of anilines is 1. The molecule has 0 bridgehead atoms. The molecular formula is C40H37ClN4O4. The number of nitrogen functional groups attached to an aromatic ring is 1. The molecule has 1 unspecified atom stereocenters. The van der Waals surface area contributed by atoms with E-state index in [1.807, 2.05) is 132 Å². The Morgan fingerprint density at radius 1 is 0.837 bits per heavy atom. The van der Waals surface area contributed by atoms with E-state index in [-0.39, 0.29) is 17.7 Å². The van der Waals surface area contributed by atoms with Crippen LogP contribution in [-0.4, -0.2) is 45.6 Å². The number of ether oxygens (including phenoxy) is 3. The highest BCUT2D eigenvalue weighted by molar-refractivity contribution is 6.34. The van der Waals surface area contributed by atoms with Crippen molar-refractivity contribution in [1.82, 2.24) is 14.5 Å². The molecule has 1 aliphatic carbocycles. The molecule has 49 heavy (non-hydrogen) atoms. The third-order valence-electron chi connectivity index (χ3n) is 9.33. The molecule has 6 aromatic rings. The fourth-order valence-corrected chi connectivity index (χ4v) is 7.19. The van der Waals surface area contributed by atoms with Gasteiger partial charge in [0.05, 0.1) is 37.9 Å². The highest BCUT2D eigenvalue weighted by atomic mass is 35.5. The zero-order chi connectivity index (χ0) is 34.0. The first kappa shape index (κ1) is 32.6. The maximum absolute atomic E-state index is 12.5. The molecule has 0 saturated heterocycles. The Hall–Kier alpha value is -4.99. The number of nitrogens with two attached hydrogens (primary N) is 1. The number of nitrogens with zero attached hydrogens (tertiary/aromatic N) is 3. The van der Waals surface area contributed by atoms with Crippen molar-refractivity contribution in [1.29, 1.82) is 0 Å². The molecule has 0 radical (unpaired) electrons. The van der Waals surface area contributed by atoms with Crippen molar-refractivity contribution in [3.8, 4) is 5.75 Å². The molecule has 3 N–H and O–H groups in total. The van der Waals surface area contributed by atoms with Crippen molar-refractivity contribution in [2.75, 3.05) is 19.5 Å². The number of fused-ring (bicyclic) bond motifs is 1. The second-order valence-electron chi connectivity index (χ2n) is 12.2. The van der Waals surface area contributed by atoms with Gasteiger partial charge in [0.2, 0.25) is 5.95 Å². The van der Waals surface area contributed by atoms with Crippen LogP contribution in [0, 0.1) is 5.92 Å². The molecule has 8 nitrogen and oxygen atoms in total. The minimum atomic E-state index is -1.14. The first-order chi connectivity index (χ1) is 23.9. The molecule has 0 amide bonds. The lowest BCUT2D eigenvalue weighted by atomic mass is 9.79. The van der Waals surface area contributed by atoms with Gasteiger partial charge >= 0.3 is 0 Å². The van der Waals surface area contributed by atoms with Crippen LogP contribution in [0.2, 0.25) is 5.15 Å². The number of halogens is 1. The third kappa shape index (κ3) is 6.09. The van der Waals surface area contributed by atoms with Crippen LogP contribution in [0.4, 0.5) is 5.95 Å². The molecular weight excluding hydrogens is 636 g/mol. The van der Waals surface area contributed by atoms with Gasteiger partial charge in [-0.15, -0.1) is 0 Å². The Bertz CT molecular complexity index is 2000. The molecule has 1 fully saturated rings. The van der Waals surface area contributed by atoms with Crippen molar-refractivity contribution in [3.05, 3.63) is 167 Å². The van der Waals surface area contributed by atoms with Crippen LogP contribution in [0.3, 0.4) is 0 Å². The summed E-state index contributed by atoms with van der Waals surface area (Å²) < 4.78 is 21.2. The lowest BCUT2D eigenvalue weighted by Gasteiger charge is -2.40. The minimum absolute atomic E-state index is 0.0396. The topological polar surface area (TPSA) is 105 Å². The maximum Gasteiger partial charge on any atom is 0.223 e. The van der Waals surface area contributed by atoms with E-state index in [1.54, 1.807) is 7.11 Å². The molecule has 0 aliphatic heterocycles. The molecule has 0 spiro atoms. The Balaban J connectivity index is 1.37. The largest absolute Gasteiger partial charge is 0.497 e. The SMILES string of the molecule is C=C1[C@@H](n2ccc3c(Cl)nc(N)nc32)C(O)[C@H](OC(c2ccccc2)(c2ccccc2)c2ccc(OC)cc2)[C@H]1COCc1ccccc1. The van der Waals surface area contributed by atoms with Gasteiger partial charge in [0.15, 0.2) is 0 Å². The van der Waals surface area contributed by atoms with Crippen LogP contribution in [0.15, 0.2) is 140 Å².